The summed E-state index contributed by atoms with van der Waals surface area (Å²) in [6.07, 6.45) is 2.45. The van der Waals surface area contributed by atoms with E-state index in [4.69, 9.17) is 4.74 Å². The number of epoxide rings is 1. The first kappa shape index (κ1) is 10.8. The van der Waals surface area contributed by atoms with Crippen LogP contribution in [0.1, 0.15) is 24.5 Å². The molecule has 2 heterocycles. The van der Waals surface area contributed by atoms with Crippen molar-refractivity contribution in [2.75, 3.05) is 11.5 Å². The zero-order valence-corrected chi connectivity index (χ0v) is 11.6. The predicted octanol–water partition coefficient (Wildman–Crippen LogP) is 3.42. The van der Waals surface area contributed by atoms with Crippen molar-refractivity contribution in [2.45, 2.75) is 35.5 Å². The summed E-state index contributed by atoms with van der Waals surface area (Å²) in [6, 6.07) is 8.87. The molecular weight excluding hydrogens is 248 g/mol. The third kappa shape index (κ3) is 1.28. The monoisotopic (exact) mass is 264 g/mol. The van der Waals surface area contributed by atoms with Crippen LogP contribution in [0.25, 0.3) is 0 Å². The molecule has 0 amide bonds. The quantitative estimate of drug-likeness (QED) is 0.721. The third-order valence-electron chi connectivity index (χ3n) is 4.23. The van der Waals surface area contributed by atoms with Gasteiger partial charge in [0.05, 0.1) is 4.58 Å². The number of benzene rings is 1. The van der Waals surface area contributed by atoms with Crippen LogP contribution >= 0.6 is 23.5 Å². The molecule has 1 aromatic rings. The predicted molar refractivity (Wildman–Crippen MR) is 74.6 cm³/mol. The van der Waals surface area contributed by atoms with E-state index >= 15 is 0 Å². The minimum Gasteiger partial charge on any atom is -0.355 e. The lowest BCUT2D eigenvalue weighted by atomic mass is 9.96. The molecule has 90 valence electrons. The highest BCUT2D eigenvalue weighted by Crippen LogP contribution is 2.69. The van der Waals surface area contributed by atoms with E-state index in [2.05, 4.69) is 54.7 Å². The van der Waals surface area contributed by atoms with Crippen molar-refractivity contribution in [1.29, 1.82) is 0 Å². The van der Waals surface area contributed by atoms with Crippen LogP contribution in [-0.4, -0.2) is 21.7 Å². The second kappa shape index (κ2) is 3.46. The second-order valence-corrected chi connectivity index (χ2v) is 8.05. The van der Waals surface area contributed by atoms with Gasteiger partial charge >= 0.3 is 0 Å². The van der Waals surface area contributed by atoms with E-state index in [0.29, 0.717) is 4.58 Å². The fraction of sp³-hybridized carbons (Fsp3) is 0.571. The molecule has 2 atom stereocenters. The summed E-state index contributed by atoms with van der Waals surface area (Å²) in [5.74, 6) is 2.59. The fourth-order valence-electron chi connectivity index (χ4n) is 3.38. The third-order valence-corrected chi connectivity index (χ3v) is 7.37. The summed E-state index contributed by atoms with van der Waals surface area (Å²) in [6.45, 7) is 2.29. The van der Waals surface area contributed by atoms with Crippen LogP contribution < -0.4 is 0 Å². The van der Waals surface area contributed by atoms with Crippen molar-refractivity contribution in [2.24, 2.45) is 0 Å². The van der Waals surface area contributed by atoms with E-state index in [0.717, 1.165) is 6.42 Å². The molecule has 0 radical (unpaired) electrons. The van der Waals surface area contributed by atoms with Crippen LogP contribution in [0.15, 0.2) is 24.3 Å². The molecule has 0 saturated carbocycles. The SMILES string of the molecule is CC12Cc3ccccc3C1(C1SCCCS1)O2. The maximum Gasteiger partial charge on any atom is 0.144 e. The number of ether oxygens (including phenoxy) is 1. The Labute approximate surface area is 111 Å². The first-order chi connectivity index (χ1) is 8.26. The second-order valence-electron chi connectivity index (χ2n) is 5.33. The number of thioether (sulfide) groups is 2. The smallest absolute Gasteiger partial charge is 0.144 e. The lowest BCUT2D eigenvalue weighted by Crippen LogP contribution is -2.29. The summed E-state index contributed by atoms with van der Waals surface area (Å²) in [4.78, 5) is 0. The maximum atomic E-state index is 6.25. The van der Waals surface area contributed by atoms with E-state index in [1.165, 1.54) is 29.1 Å². The normalized spacial score (nSPS) is 39.8. The van der Waals surface area contributed by atoms with Gasteiger partial charge in [0.15, 0.2) is 0 Å². The fourth-order valence-corrected chi connectivity index (χ4v) is 6.90. The summed E-state index contributed by atoms with van der Waals surface area (Å²) in [5.41, 5.74) is 3.08. The molecule has 17 heavy (non-hydrogen) atoms. The van der Waals surface area contributed by atoms with Gasteiger partial charge in [0.25, 0.3) is 0 Å². The molecular formula is C14H16OS2. The summed E-state index contributed by atoms with van der Waals surface area (Å²) >= 11 is 4.20. The van der Waals surface area contributed by atoms with Crippen LogP contribution in [0.2, 0.25) is 0 Å². The zero-order valence-electron chi connectivity index (χ0n) is 9.94. The van der Waals surface area contributed by atoms with Gasteiger partial charge in [0.1, 0.15) is 11.2 Å². The number of hydrogen-bond donors (Lipinski definition) is 0. The van der Waals surface area contributed by atoms with Gasteiger partial charge in [-0.2, -0.15) is 0 Å². The molecule has 1 aromatic carbocycles. The van der Waals surface area contributed by atoms with Gasteiger partial charge < -0.3 is 4.74 Å². The van der Waals surface area contributed by atoms with Crippen molar-refractivity contribution >= 4 is 23.5 Å². The first-order valence-corrected chi connectivity index (χ1v) is 8.38. The molecule has 1 aliphatic carbocycles. The maximum absolute atomic E-state index is 6.25. The molecule has 2 aliphatic heterocycles. The Morgan fingerprint density at radius 3 is 2.82 bits per heavy atom. The minimum absolute atomic E-state index is 0.0271. The Morgan fingerprint density at radius 1 is 1.24 bits per heavy atom. The Kier molecular flexibility index (Phi) is 2.19. The molecule has 2 saturated heterocycles. The molecule has 3 heteroatoms. The summed E-state index contributed by atoms with van der Waals surface area (Å²) in [7, 11) is 0. The van der Waals surface area contributed by atoms with E-state index in [1.54, 1.807) is 0 Å². The van der Waals surface area contributed by atoms with E-state index < -0.39 is 0 Å². The van der Waals surface area contributed by atoms with Gasteiger partial charge in [-0.15, -0.1) is 23.5 Å². The Hall–Kier alpha value is -0.120. The van der Waals surface area contributed by atoms with Crippen LogP contribution in [0.4, 0.5) is 0 Å². The van der Waals surface area contributed by atoms with Crippen molar-refractivity contribution in [3.05, 3.63) is 35.4 Å². The van der Waals surface area contributed by atoms with Gasteiger partial charge in [-0.25, -0.2) is 0 Å². The number of fused-ring (bicyclic) bond motifs is 3. The van der Waals surface area contributed by atoms with Crippen LogP contribution in [-0.2, 0) is 16.8 Å². The van der Waals surface area contributed by atoms with Crippen LogP contribution in [0.3, 0.4) is 0 Å². The largest absolute Gasteiger partial charge is 0.355 e. The number of hydrogen-bond acceptors (Lipinski definition) is 3. The molecule has 2 unspecified atom stereocenters. The topological polar surface area (TPSA) is 12.5 Å². The van der Waals surface area contributed by atoms with E-state index in [1.807, 2.05) is 0 Å². The van der Waals surface area contributed by atoms with E-state index in [-0.39, 0.29) is 11.2 Å². The Balaban J connectivity index is 1.78. The van der Waals surface area contributed by atoms with Gasteiger partial charge in [-0.3, -0.25) is 0 Å². The van der Waals surface area contributed by atoms with Crippen molar-refractivity contribution in [3.63, 3.8) is 0 Å². The standard InChI is InChI=1S/C14H16OS2/c1-13-9-10-5-2-3-6-11(10)14(13,15-13)12-16-7-4-8-17-12/h2-3,5-6,12H,4,7-9H2,1H3. The highest BCUT2D eigenvalue weighted by atomic mass is 32.2. The highest BCUT2D eigenvalue weighted by Gasteiger charge is 2.75. The minimum atomic E-state index is 0.0271. The average Bonchev–Trinajstić information content (AvgIpc) is 2.90. The van der Waals surface area contributed by atoms with Crippen molar-refractivity contribution in [3.8, 4) is 0 Å². The Morgan fingerprint density at radius 2 is 2.00 bits per heavy atom. The lowest BCUT2D eigenvalue weighted by molar-refractivity contribution is 0.264. The highest BCUT2D eigenvalue weighted by molar-refractivity contribution is 8.17. The molecule has 4 rings (SSSR count). The number of rotatable bonds is 1. The van der Waals surface area contributed by atoms with Gasteiger partial charge in [0.2, 0.25) is 0 Å². The summed E-state index contributed by atoms with van der Waals surface area (Å²) in [5, 5.41) is 0. The molecule has 0 aromatic heterocycles. The summed E-state index contributed by atoms with van der Waals surface area (Å²) < 4.78 is 6.85. The molecule has 1 nitrogen and oxygen atoms in total. The molecule has 0 N–H and O–H groups in total. The molecule has 2 fully saturated rings. The van der Waals surface area contributed by atoms with E-state index in [9.17, 15) is 0 Å². The molecule has 0 spiro atoms. The first-order valence-electron chi connectivity index (χ1n) is 6.28. The van der Waals surface area contributed by atoms with Gasteiger partial charge in [0, 0.05) is 6.42 Å². The van der Waals surface area contributed by atoms with Crippen LogP contribution in [0.5, 0.6) is 0 Å². The van der Waals surface area contributed by atoms with Gasteiger partial charge in [-0.1, -0.05) is 24.3 Å². The van der Waals surface area contributed by atoms with Crippen LogP contribution in [0, 0.1) is 0 Å². The Bertz CT molecular complexity index is 469. The van der Waals surface area contributed by atoms with Crippen molar-refractivity contribution < 1.29 is 4.74 Å². The zero-order chi connectivity index (χ0) is 11.5. The molecule has 3 aliphatic rings. The lowest BCUT2D eigenvalue weighted by Gasteiger charge is -2.27. The van der Waals surface area contributed by atoms with Gasteiger partial charge in [-0.05, 0) is 36.0 Å². The average molecular weight is 264 g/mol. The molecule has 0 bridgehead atoms. The van der Waals surface area contributed by atoms with Crippen molar-refractivity contribution in [1.82, 2.24) is 0 Å².